The number of allylic oxidation sites excluding steroid dienone is 8. The molecular formula is C26H36. The van der Waals surface area contributed by atoms with Gasteiger partial charge in [0, 0.05) is 5.41 Å². The van der Waals surface area contributed by atoms with E-state index in [9.17, 15) is 0 Å². The van der Waals surface area contributed by atoms with E-state index in [0.29, 0.717) is 11.3 Å². The Morgan fingerprint density at radius 3 is 2.73 bits per heavy atom. The average Bonchev–Trinajstić information content (AvgIpc) is 2.94. The minimum Gasteiger partial charge on any atom is -0.0996 e. The third-order valence-electron chi connectivity index (χ3n) is 8.63. The first-order chi connectivity index (χ1) is 12.3. The summed E-state index contributed by atoms with van der Waals surface area (Å²) in [6.45, 7) is 18.5. The van der Waals surface area contributed by atoms with Gasteiger partial charge in [-0.25, -0.2) is 0 Å². The topological polar surface area (TPSA) is 0 Å². The molecule has 0 bridgehead atoms. The monoisotopic (exact) mass is 348 g/mol. The Balaban J connectivity index is 1.75. The van der Waals surface area contributed by atoms with Crippen molar-refractivity contribution in [2.75, 3.05) is 0 Å². The van der Waals surface area contributed by atoms with Gasteiger partial charge in [-0.15, -0.1) is 0 Å². The van der Waals surface area contributed by atoms with Crippen LogP contribution in [0.2, 0.25) is 0 Å². The molecule has 0 N–H and O–H groups in total. The predicted molar refractivity (Wildman–Crippen MR) is 113 cm³/mol. The van der Waals surface area contributed by atoms with Crippen molar-refractivity contribution >= 4 is 0 Å². The smallest absolute Gasteiger partial charge is 0.0281 e. The summed E-state index contributed by atoms with van der Waals surface area (Å²) in [6.07, 6.45) is 17.4. The van der Waals surface area contributed by atoms with Crippen molar-refractivity contribution in [3.63, 3.8) is 0 Å². The predicted octanol–water partition coefficient (Wildman–Crippen LogP) is 7.42. The maximum Gasteiger partial charge on any atom is 0.0281 e. The van der Waals surface area contributed by atoms with Crippen molar-refractivity contribution in [2.45, 2.75) is 66.2 Å². The molecule has 0 amide bonds. The van der Waals surface area contributed by atoms with Crippen molar-refractivity contribution < 1.29 is 0 Å². The van der Waals surface area contributed by atoms with E-state index in [2.05, 4.69) is 65.2 Å². The van der Waals surface area contributed by atoms with Crippen molar-refractivity contribution in [2.24, 2.45) is 34.5 Å². The van der Waals surface area contributed by atoms with E-state index >= 15 is 0 Å². The summed E-state index contributed by atoms with van der Waals surface area (Å²) in [5.74, 6) is 3.14. The zero-order valence-electron chi connectivity index (χ0n) is 17.3. The molecule has 2 saturated carbocycles. The first-order valence-corrected chi connectivity index (χ1v) is 10.8. The molecule has 0 spiro atoms. The quantitative estimate of drug-likeness (QED) is 0.465. The minimum absolute atomic E-state index is 0.146. The third kappa shape index (κ3) is 2.33. The van der Waals surface area contributed by atoms with Gasteiger partial charge in [0.15, 0.2) is 0 Å². The van der Waals surface area contributed by atoms with Gasteiger partial charge < -0.3 is 0 Å². The lowest BCUT2D eigenvalue weighted by Gasteiger charge is -2.52. The van der Waals surface area contributed by atoms with Gasteiger partial charge in [-0.2, -0.15) is 0 Å². The molecule has 0 heterocycles. The van der Waals surface area contributed by atoms with Crippen LogP contribution < -0.4 is 0 Å². The van der Waals surface area contributed by atoms with E-state index in [-0.39, 0.29) is 5.41 Å². The second kappa shape index (κ2) is 6.11. The second-order valence-corrected chi connectivity index (χ2v) is 9.79. The first-order valence-electron chi connectivity index (χ1n) is 10.8. The van der Waals surface area contributed by atoms with Gasteiger partial charge in [-0.3, -0.25) is 0 Å². The Morgan fingerprint density at radius 2 is 2.04 bits per heavy atom. The molecular weight excluding hydrogens is 312 g/mol. The van der Waals surface area contributed by atoms with Gasteiger partial charge in [-0.05, 0) is 73.7 Å². The number of hydrogen-bond acceptors (Lipinski definition) is 0. The third-order valence-corrected chi connectivity index (χ3v) is 8.63. The molecule has 4 rings (SSSR count). The zero-order valence-corrected chi connectivity index (χ0v) is 17.3. The highest BCUT2D eigenvalue weighted by atomic mass is 14.6. The van der Waals surface area contributed by atoms with Gasteiger partial charge >= 0.3 is 0 Å². The molecule has 6 atom stereocenters. The van der Waals surface area contributed by atoms with Gasteiger partial charge in [0.1, 0.15) is 0 Å². The Hall–Kier alpha value is -1.30. The summed E-state index contributed by atoms with van der Waals surface area (Å²) in [6, 6.07) is 0. The van der Waals surface area contributed by atoms with Gasteiger partial charge in [0.05, 0.1) is 0 Å². The van der Waals surface area contributed by atoms with Crippen molar-refractivity contribution in [1.82, 2.24) is 0 Å². The van der Waals surface area contributed by atoms with Crippen LogP contribution in [0.1, 0.15) is 66.2 Å². The molecule has 3 unspecified atom stereocenters. The summed E-state index contributed by atoms with van der Waals surface area (Å²) < 4.78 is 0. The average molecular weight is 349 g/mol. The molecule has 0 aliphatic heterocycles. The fraction of sp³-hybridized carbons (Fsp3) is 0.615. The molecule has 0 aromatic carbocycles. The molecule has 0 saturated heterocycles. The maximum atomic E-state index is 4.53. The second-order valence-electron chi connectivity index (χ2n) is 9.79. The normalized spacial score (nSPS) is 43.9. The largest absolute Gasteiger partial charge is 0.0996 e. The molecule has 4 aliphatic carbocycles. The maximum absolute atomic E-state index is 4.53. The Morgan fingerprint density at radius 1 is 1.27 bits per heavy atom. The highest BCUT2D eigenvalue weighted by molar-refractivity contribution is 5.50. The first kappa shape index (κ1) is 18.1. The lowest BCUT2D eigenvalue weighted by atomic mass is 9.52. The summed E-state index contributed by atoms with van der Waals surface area (Å²) in [5, 5.41) is 0. The van der Waals surface area contributed by atoms with E-state index in [1.807, 2.05) is 0 Å². The summed E-state index contributed by atoms with van der Waals surface area (Å²) in [7, 11) is 0. The fourth-order valence-electron chi connectivity index (χ4n) is 7.20. The van der Waals surface area contributed by atoms with Crippen LogP contribution in [0.25, 0.3) is 0 Å². The molecule has 140 valence electrons. The fourth-order valence-corrected chi connectivity index (χ4v) is 7.20. The molecule has 26 heavy (non-hydrogen) atoms. The summed E-state index contributed by atoms with van der Waals surface area (Å²) >= 11 is 0. The number of fused-ring (bicyclic) bond motifs is 5. The van der Waals surface area contributed by atoms with E-state index in [4.69, 9.17) is 0 Å². The van der Waals surface area contributed by atoms with Gasteiger partial charge in [-0.1, -0.05) is 81.4 Å². The Kier molecular flexibility index (Phi) is 4.25. The highest BCUT2D eigenvalue weighted by Crippen LogP contribution is 2.66. The van der Waals surface area contributed by atoms with Crippen LogP contribution in [0.5, 0.6) is 0 Å². The molecule has 4 aliphatic rings. The molecule has 0 aromatic rings. The Bertz CT molecular complexity index is 729. The summed E-state index contributed by atoms with van der Waals surface area (Å²) in [4.78, 5) is 0. The lowest BCUT2D eigenvalue weighted by Crippen LogP contribution is -2.43. The van der Waals surface area contributed by atoms with E-state index in [0.717, 1.165) is 24.2 Å². The number of hydrogen-bond donors (Lipinski definition) is 0. The van der Waals surface area contributed by atoms with Crippen LogP contribution in [-0.4, -0.2) is 0 Å². The molecule has 0 nitrogen and oxygen atoms in total. The van der Waals surface area contributed by atoms with Gasteiger partial charge in [0.25, 0.3) is 0 Å². The minimum atomic E-state index is 0.146. The molecule has 0 aromatic heterocycles. The standard InChI is InChI=1S/C26H36/c1-7-18(4)24-19(8-2)16-23-21-10-9-20-15-17(3)11-13-25(20,5)22(21)12-14-26(23,24)6/h11-13,15,19,21,23-24H,3-4,7-10,14,16H2,1-2,5-6H3/t19-,21?,23?,24-,25?,26-/m0/s1. The zero-order chi connectivity index (χ0) is 18.7. The highest BCUT2D eigenvalue weighted by Gasteiger charge is 2.58. The van der Waals surface area contributed by atoms with Crippen molar-refractivity contribution in [3.8, 4) is 0 Å². The number of rotatable bonds is 3. The van der Waals surface area contributed by atoms with Crippen LogP contribution >= 0.6 is 0 Å². The summed E-state index contributed by atoms with van der Waals surface area (Å²) in [5.41, 5.74) is 6.56. The van der Waals surface area contributed by atoms with E-state index < -0.39 is 0 Å². The SMILES string of the molecule is C=C1C=CC2(C)C(=C1)CCC1C2=CC[C@@]2(C)C1C[C@H](CC)[C@@H]2C(=C)CC. The van der Waals surface area contributed by atoms with Crippen LogP contribution in [0, 0.1) is 34.5 Å². The van der Waals surface area contributed by atoms with Crippen molar-refractivity contribution in [1.29, 1.82) is 0 Å². The lowest BCUT2D eigenvalue weighted by molar-refractivity contribution is 0.101. The van der Waals surface area contributed by atoms with Crippen LogP contribution in [0.4, 0.5) is 0 Å². The Labute approximate surface area is 160 Å². The van der Waals surface area contributed by atoms with Gasteiger partial charge in [0.2, 0.25) is 0 Å². The van der Waals surface area contributed by atoms with Crippen LogP contribution in [0.3, 0.4) is 0 Å². The van der Waals surface area contributed by atoms with E-state index in [1.165, 1.54) is 43.3 Å². The van der Waals surface area contributed by atoms with E-state index in [1.54, 1.807) is 11.1 Å². The van der Waals surface area contributed by atoms with Crippen LogP contribution in [0.15, 0.2) is 59.8 Å². The molecule has 2 fully saturated rings. The van der Waals surface area contributed by atoms with Crippen molar-refractivity contribution in [3.05, 3.63) is 59.8 Å². The molecule has 0 heteroatoms. The van der Waals surface area contributed by atoms with Crippen LogP contribution in [-0.2, 0) is 0 Å². The molecule has 0 radical (unpaired) electrons.